The van der Waals surface area contributed by atoms with Gasteiger partial charge in [0, 0.05) is 0 Å². The normalized spacial score (nSPS) is 12.4. The highest BCUT2D eigenvalue weighted by Gasteiger charge is 2.18. The Hall–Kier alpha value is -2.24. The minimum atomic E-state index is -1.06. The summed E-state index contributed by atoms with van der Waals surface area (Å²) >= 11 is 0. The number of hydrogen-bond acceptors (Lipinski definition) is 4. The number of rotatable bonds is 5. The number of para-hydroxylation sites is 1. The van der Waals surface area contributed by atoms with Crippen LogP contribution in [-0.2, 0) is 4.74 Å². The first kappa shape index (κ1) is 16.8. The van der Waals surface area contributed by atoms with Crippen molar-refractivity contribution in [2.24, 2.45) is 0 Å². The van der Waals surface area contributed by atoms with Gasteiger partial charge in [0.1, 0.15) is 23.5 Å². The third-order valence-electron chi connectivity index (χ3n) is 2.37. The van der Waals surface area contributed by atoms with Crippen molar-refractivity contribution < 1.29 is 24.2 Å². The van der Waals surface area contributed by atoms with E-state index in [2.05, 4.69) is 5.32 Å². The van der Waals surface area contributed by atoms with Gasteiger partial charge in [-0.15, -0.1) is 0 Å². The molecule has 0 aromatic heterocycles. The molecule has 0 saturated carbocycles. The number of alkyl carbamates (subject to hydrolysis) is 1. The molecule has 6 heteroatoms. The summed E-state index contributed by atoms with van der Waals surface area (Å²) in [6.07, 6.45) is -0.537. The maximum absolute atomic E-state index is 11.6. The molecule has 1 rings (SSSR count). The number of ether oxygens (including phenoxy) is 2. The van der Waals surface area contributed by atoms with Gasteiger partial charge in [0.25, 0.3) is 0 Å². The second kappa shape index (κ2) is 6.97. The number of hydrogen-bond donors (Lipinski definition) is 2. The van der Waals surface area contributed by atoms with Gasteiger partial charge in [0.15, 0.2) is 0 Å². The SMILES string of the molecule is C[C@@H](COc1ccccc1C(=O)O)NC(=O)OC(C)(C)C. The summed E-state index contributed by atoms with van der Waals surface area (Å²) in [5.74, 6) is -0.791. The predicted octanol–water partition coefficient (Wildman–Crippen LogP) is 2.68. The minimum Gasteiger partial charge on any atom is -0.491 e. The molecule has 0 aliphatic carbocycles. The van der Waals surface area contributed by atoms with Gasteiger partial charge in [-0.05, 0) is 39.8 Å². The van der Waals surface area contributed by atoms with E-state index in [1.54, 1.807) is 45.9 Å². The average Bonchev–Trinajstić information content (AvgIpc) is 2.34. The van der Waals surface area contributed by atoms with Gasteiger partial charge in [-0.3, -0.25) is 0 Å². The van der Waals surface area contributed by atoms with Crippen molar-refractivity contribution in [3.05, 3.63) is 29.8 Å². The summed E-state index contributed by atoms with van der Waals surface area (Å²) in [6, 6.07) is 6.03. The fourth-order valence-electron chi connectivity index (χ4n) is 1.53. The molecule has 2 N–H and O–H groups in total. The molecule has 0 radical (unpaired) electrons. The largest absolute Gasteiger partial charge is 0.491 e. The average molecular weight is 295 g/mol. The number of aromatic carboxylic acids is 1. The van der Waals surface area contributed by atoms with Crippen LogP contribution in [0.5, 0.6) is 5.75 Å². The fraction of sp³-hybridized carbons (Fsp3) is 0.467. The highest BCUT2D eigenvalue weighted by Crippen LogP contribution is 2.17. The zero-order valence-corrected chi connectivity index (χ0v) is 12.7. The van der Waals surface area contributed by atoms with Crippen molar-refractivity contribution in [2.75, 3.05) is 6.61 Å². The molecule has 1 atom stereocenters. The Labute approximate surface area is 124 Å². The Morgan fingerprint density at radius 1 is 1.29 bits per heavy atom. The summed E-state index contributed by atoms with van der Waals surface area (Å²) in [6.45, 7) is 7.21. The summed E-state index contributed by atoms with van der Waals surface area (Å²) in [5, 5.41) is 11.7. The molecular formula is C15H21NO5. The second-order valence-electron chi connectivity index (χ2n) is 5.66. The van der Waals surface area contributed by atoms with Crippen molar-refractivity contribution in [1.29, 1.82) is 0 Å². The summed E-state index contributed by atoms with van der Waals surface area (Å²) in [4.78, 5) is 22.6. The van der Waals surface area contributed by atoms with Gasteiger partial charge in [-0.1, -0.05) is 12.1 Å². The Balaban J connectivity index is 2.52. The molecule has 1 amide bonds. The molecule has 6 nitrogen and oxygen atoms in total. The molecule has 116 valence electrons. The smallest absolute Gasteiger partial charge is 0.407 e. The minimum absolute atomic E-state index is 0.0852. The summed E-state index contributed by atoms with van der Waals surface area (Å²) in [7, 11) is 0. The number of carboxylic acids is 1. The molecule has 0 saturated heterocycles. The zero-order valence-electron chi connectivity index (χ0n) is 12.7. The van der Waals surface area contributed by atoms with Gasteiger partial charge in [0.05, 0.1) is 6.04 Å². The maximum atomic E-state index is 11.6. The predicted molar refractivity (Wildman–Crippen MR) is 77.7 cm³/mol. The number of amides is 1. The lowest BCUT2D eigenvalue weighted by atomic mass is 10.2. The first-order chi connectivity index (χ1) is 9.69. The van der Waals surface area contributed by atoms with Crippen LogP contribution in [0.2, 0.25) is 0 Å². The number of carbonyl (C=O) groups is 2. The van der Waals surface area contributed by atoms with Crippen LogP contribution in [0, 0.1) is 0 Å². The van der Waals surface area contributed by atoms with Crippen LogP contribution in [-0.4, -0.2) is 35.4 Å². The van der Waals surface area contributed by atoms with Crippen molar-refractivity contribution in [2.45, 2.75) is 39.3 Å². The molecule has 0 fully saturated rings. The van der Waals surface area contributed by atoms with Crippen molar-refractivity contribution in [1.82, 2.24) is 5.32 Å². The van der Waals surface area contributed by atoms with Crippen LogP contribution >= 0.6 is 0 Å². The second-order valence-corrected chi connectivity index (χ2v) is 5.66. The third kappa shape index (κ3) is 6.16. The van der Waals surface area contributed by atoms with Crippen LogP contribution in [0.1, 0.15) is 38.1 Å². The van der Waals surface area contributed by atoms with Gasteiger partial charge >= 0.3 is 12.1 Å². The summed E-state index contributed by atoms with van der Waals surface area (Å²) < 4.78 is 10.6. The lowest BCUT2D eigenvalue weighted by molar-refractivity contribution is 0.0491. The van der Waals surface area contributed by atoms with Gasteiger partial charge in [-0.25, -0.2) is 9.59 Å². The van der Waals surface area contributed by atoms with Gasteiger partial charge in [-0.2, -0.15) is 0 Å². The Morgan fingerprint density at radius 3 is 2.48 bits per heavy atom. The first-order valence-corrected chi connectivity index (χ1v) is 6.63. The molecule has 0 aliphatic heterocycles. The monoisotopic (exact) mass is 295 g/mol. The van der Waals surface area contributed by atoms with E-state index in [4.69, 9.17) is 14.6 Å². The standard InChI is InChI=1S/C15H21NO5/c1-10(16-14(19)21-15(2,3)4)9-20-12-8-6-5-7-11(12)13(17)18/h5-8,10H,9H2,1-4H3,(H,16,19)(H,17,18)/t10-/m0/s1. The van der Waals surface area contributed by atoms with E-state index in [1.165, 1.54) is 6.07 Å². The number of carboxylic acid groups (broad SMARTS) is 1. The van der Waals surface area contributed by atoms with E-state index in [0.717, 1.165) is 0 Å². The van der Waals surface area contributed by atoms with E-state index in [1.807, 2.05) is 0 Å². The molecule has 0 aliphatic rings. The Morgan fingerprint density at radius 2 is 1.90 bits per heavy atom. The van der Waals surface area contributed by atoms with Crippen LogP contribution < -0.4 is 10.1 Å². The lowest BCUT2D eigenvalue weighted by Crippen LogP contribution is -2.40. The molecule has 0 bridgehead atoms. The highest BCUT2D eigenvalue weighted by molar-refractivity contribution is 5.90. The molecule has 21 heavy (non-hydrogen) atoms. The van der Waals surface area contributed by atoms with E-state index in [0.29, 0.717) is 0 Å². The molecule has 1 aromatic carbocycles. The van der Waals surface area contributed by atoms with Gasteiger partial charge < -0.3 is 19.9 Å². The molecule has 0 heterocycles. The van der Waals surface area contributed by atoms with Crippen molar-refractivity contribution in [3.63, 3.8) is 0 Å². The Bertz CT molecular complexity index is 507. The van der Waals surface area contributed by atoms with Crippen LogP contribution in [0.3, 0.4) is 0 Å². The molecular weight excluding hydrogens is 274 g/mol. The quantitative estimate of drug-likeness (QED) is 0.872. The van der Waals surface area contributed by atoms with Crippen LogP contribution in [0.15, 0.2) is 24.3 Å². The fourth-order valence-corrected chi connectivity index (χ4v) is 1.53. The molecule has 0 unspecified atom stereocenters. The topological polar surface area (TPSA) is 84.9 Å². The van der Waals surface area contributed by atoms with Gasteiger partial charge in [0.2, 0.25) is 0 Å². The number of carbonyl (C=O) groups excluding carboxylic acids is 1. The van der Waals surface area contributed by atoms with Crippen molar-refractivity contribution >= 4 is 12.1 Å². The zero-order chi connectivity index (χ0) is 16.0. The third-order valence-corrected chi connectivity index (χ3v) is 2.37. The highest BCUT2D eigenvalue weighted by atomic mass is 16.6. The van der Waals surface area contributed by atoms with E-state index < -0.39 is 17.7 Å². The summed E-state index contributed by atoms with van der Waals surface area (Å²) in [5.41, 5.74) is -0.484. The van der Waals surface area contributed by atoms with Crippen molar-refractivity contribution in [3.8, 4) is 5.75 Å². The number of benzene rings is 1. The number of nitrogens with one attached hydrogen (secondary N) is 1. The van der Waals surface area contributed by atoms with Crippen LogP contribution in [0.25, 0.3) is 0 Å². The first-order valence-electron chi connectivity index (χ1n) is 6.63. The van der Waals surface area contributed by atoms with Crippen LogP contribution in [0.4, 0.5) is 4.79 Å². The van der Waals surface area contributed by atoms with E-state index >= 15 is 0 Å². The van der Waals surface area contributed by atoms with E-state index in [9.17, 15) is 9.59 Å². The lowest BCUT2D eigenvalue weighted by Gasteiger charge is -2.22. The molecule has 0 spiro atoms. The maximum Gasteiger partial charge on any atom is 0.407 e. The molecule has 1 aromatic rings. The van der Waals surface area contributed by atoms with E-state index in [-0.39, 0.29) is 24.0 Å². The Kier molecular flexibility index (Phi) is 5.58.